The maximum absolute atomic E-state index is 13.4. The first-order chi connectivity index (χ1) is 9.63. The second-order valence-corrected chi connectivity index (χ2v) is 3.92. The van der Waals surface area contributed by atoms with Crippen molar-refractivity contribution in [2.24, 2.45) is 0 Å². The monoisotopic (exact) mass is 273 g/mol. The quantitative estimate of drug-likeness (QED) is 0.804. The summed E-state index contributed by atoms with van der Waals surface area (Å²) in [5.41, 5.74) is -0.392. The van der Waals surface area contributed by atoms with Crippen molar-refractivity contribution in [1.29, 1.82) is 5.26 Å². The molecule has 0 atom stereocenters. The van der Waals surface area contributed by atoms with E-state index in [1.165, 1.54) is 18.2 Å². The molecule has 0 fully saturated rings. The van der Waals surface area contributed by atoms with E-state index in [-0.39, 0.29) is 11.3 Å². The highest BCUT2D eigenvalue weighted by atomic mass is 19.1. The first-order valence-electron chi connectivity index (χ1n) is 5.72. The number of nitrogens with zero attached hydrogens (tertiary/aromatic N) is 1. The Bertz CT molecular complexity index is 672. The summed E-state index contributed by atoms with van der Waals surface area (Å²) in [5, 5.41) is 8.85. The molecule has 2 aromatic rings. The van der Waals surface area contributed by atoms with Gasteiger partial charge in [0.05, 0.1) is 11.1 Å². The van der Waals surface area contributed by atoms with Gasteiger partial charge in [-0.15, -0.1) is 0 Å². The van der Waals surface area contributed by atoms with Crippen LogP contribution in [0.1, 0.15) is 15.9 Å². The highest BCUT2D eigenvalue weighted by Crippen LogP contribution is 2.18. The molecule has 20 heavy (non-hydrogen) atoms. The number of carbonyl (C=O) groups excluding carboxylic acids is 1. The molecule has 100 valence electrons. The topological polar surface area (TPSA) is 50.1 Å². The van der Waals surface area contributed by atoms with Gasteiger partial charge in [-0.25, -0.2) is 8.78 Å². The molecule has 2 aromatic carbocycles. The minimum absolute atomic E-state index is 0.195. The normalized spacial score (nSPS) is 9.85. The second kappa shape index (κ2) is 5.93. The maximum atomic E-state index is 13.4. The van der Waals surface area contributed by atoms with Crippen LogP contribution >= 0.6 is 0 Å². The molecule has 0 aliphatic carbocycles. The molecule has 2 rings (SSSR count). The van der Waals surface area contributed by atoms with E-state index < -0.39 is 29.6 Å². The summed E-state index contributed by atoms with van der Waals surface area (Å²) in [7, 11) is 0. The van der Waals surface area contributed by atoms with Gasteiger partial charge < -0.3 is 4.74 Å². The summed E-state index contributed by atoms with van der Waals surface area (Å²) < 4.78 is 32.0. The lowest BCUT2D eigenvalue weighted by Gasteiger charge is -2.08. The van der Waals surface area contributed by atoms with Gasteiger partial charge in [0.15, 0.2) is 6.61 Å². The number of nitriles is 1. The number of hydrogen-bond donors (Lipinski definition) is 0. The summed E-state index contributed by atoms with van der Waals surface area (Å²) in [6.07, 6.45) is 0. The number of para-hydroxylation sites is 1. The van der Waals surface area contributed by atoms with Crippen molar-refractivity contribution in [2.75, 3.05) is 6.61 Å². The van der Waals surface area contributed by atoms with Gasteiger partial charge in [-0.05, 0) is 24.3 Å². The van der Waals surface area contributed by atoms with E-state index in [0.29, 0.717) is 0 Å². The minimum atomic E-state index is -0.938. The molecule has 0 aliphatic rings. The molecule has 3 nitrogen and oxygen atoms in total. The van der Waals surface area contributed by atoms with Crippen LogP contribution in [0.3, 0.4) is 0 Å². The van der Waals surface area contributed by atoms with E-state index in [0.717, 1.165) is 12.1 Å². The van der Waals surface area contributed by atoms with Crippen molar-refractivity contribution in [3.05, 3.63) is 65.2 Å². The molecule has 0 bridgehead atoms. The van der Waals surface area contributed by atoms with Crippen LogP contribution in [0.15, 0.2) is 42.5 Å². The second-order valence-electron chi connectivity index (χ2n) is 3.92. The van der Waals surface area contributed by atoms with Crippen molar-refractivity contribution < 1.29 is 18.3 Å². The Labute approximate surface area is 114 Å². The molecule has 0 heterocycles. The predicted molar refractivity (Wildman–Crippen MR) is 67.3 cm³/mol. The van der Waals surface area contributed by atoms with Gasteiger partial charge in [0.1, 0.15) is 23.5 Å². The highest BCUT2D eigenvalue weighted by Gasteiger charge is 2.17. The number of rotatable bonds is 4. The smallest absolute Gasteiger partial charge is 0.206 e. The van der Waals surface area contributed by atoms with Gasteiger partial charge in [-0.2, -0.15) is 5.26 Å². The fourth-order valence-corrected chi connectivity index (χ4v) is 1.66. The van der Waals surface area contributed by atoms with Gasteiger partial charge in [0.2, 0.25) is 5.78 Å². The zero-order valence-electron chi connectivity index (χ0n) is 10.3. The summed E-state index contributed by atoms with van der Waals surface area (Å²) >= 11 is 0. The lowest BCUT2D eigenvalue weighted by atomic mass is 10.1. The van der Waals surface area contributed by atoms with Crippen molar-refractivity contribution in [1.82, 2.24) is 0 Å². The fourth-order valence-electron chi connectivity index (χ4n) is 1.66. The van der Waals surface area contributed by atoms with Crippen LogP contribution in [0.5, 0.6) is 5.75 Å². The Morgan fingerprint density at radius 1 is 1.10 bits per heavy atom. The molecule has 0 unspecified atom stereocenters. The van der Waals surface area contributed by atoms with Crippen molar-refractivity contribution in [3.8, 4) is 11.8 Å². The fraction of sp³-hybridized carbons (Fsp3) is 0.0667. The van der Waals surface area contributed by atoms with Gasteiger partial charge in [-0.3, -0.25) is 4.79 Å². The van der Waals surface area contributed by atoms with Gasteiger partial charge in [0.25, 0.3) is 0 Å². The standard InChI is InChI=1S/C15H9F2NO2/c16-11-5-3-6-12(17)15(11)13(19)9-20-14-7-2-1-4-10(14)8-18/h1-7H,9H2. The number of Topliss-reactive ketones (excluding diaryl/α,β-unsaturated/α-hetero) is 1. The Balaban J connectivity index is 2.16. The molecule has 0 saturated heterocycles. The molecule has 0 saturated carbocycles. The van der Waals surface area contributed by atoms with Gasteiger partial charge in [0, 0.05) is 0 Å². The van der Waals surface area contributed by atoms with E-state index in [1.807, 2.05) is 6.07 Å². The van der Waals surface area contributed by atoms with Crippen LogP contribution in [0.4, 0.5) is 8.78 Å². The largest absolute Gasteiger partial charge is 0.484 e. The molecule has 5 heteroatoms. The average Bonchev–Trinajstić information content (AvgIpc) is 2.45. The van der Waals surface area contributed by atoms with E-state index in [4.69, 9.17) is 10.00 Å². The maximum Gasteiger partial charge on any atom is 0.206 e. The molecule has 0 aromatic heterocycles. The Morgan fingerprint density at radius 2 is 1.75 bits per heavy atom. The Hall–Kier alpha value is -2.74. The summed E-state index contributed by atoms with van der Waals surface area (Å²) in [5.74, 6) is -2.51. The molecular weight excluding hydrogens is 264 g/mol. The van der Waals surface area contributed by atoms with Crippen LogP contribution in [0.25, 0.3) is 0 Å². The van der Waals surface area contributed by atoms with Crippen LogP contribution in [-0.2, 0) is 0 Å². The molecule has 0 N–H and O–H groups in total. The lowest BCUT2D eigenvalue weighted by molar-refractivity contribution is 0.0913. The number of benzene rings is 2. The predicted octanol–water partition coefficient (Wildman–Crippen LogP) is 3.10. The van der Waals surface area contributed by atoms with Crippen LogP contribution in [0, 0.1) is 23.0 Å². The Morgan fingerprint density at radius 3 is 2.40 bits per heavy atom. The number of ether oxygens (including phenoxy) is 1. The van der Waals surface area contributed by atoms with Crippen molar-refractivity contribution in [2.45, 2.75) is 0 Å². The summed E-state index contributed by atoms with van der Waals surface area (Å²) in [6, 6.07) is 11.4. The van der Waals surface area contributed by atoms with E-state index in [9.17, 15) is 13.6 Å². The van der Waals surface area contributed by atoms with E-state index in [1.54, 1.807) is 12.1 Å². The third-order valence-electron chi connectivity index (χ3n) is 2.61. The molecule has 0 radical (unpaired) electrons. The van der Waals surface area contributed by atoms with Crippen molar-refractivity contribution >= 4 is 5.78 Å². The first-order valence-corrected chi connectivity index (χ1v) is 5.72. The molecule has 0 spiro atoms. The molecule has 0 aliphatic heterocycles. The lowest BCUT2D eigenvalue weighted by Crippen LogP contribution is -2.15. The van der Waals surface area contributed by atoms with Crippen LogP contribution in [-0.4, -0.2) is 12.4 Å². The van der Waals surface area contributed by atoms with Crippen LogP contribution < -0.4 is 4.74 Å². The van der Waals surface area contributed by atoms with E-state index >= 15 is 0 Å². The molecule has 0 amide bonds. The van der Waals surface area contributed by atoms with Gasteiger partial charge in [-0.1, -0.05) is 18.2 Å². The average molecular weight is 273 g/mol. The summed E-state index contributed by atoms with van der Waals surface area (Å²) in [6.45, 7) is -0.545. The van der Waals surface area contributed by atoms with E-state index in [2.05, 4.69) is 0 Å². The van der Waals surface area contributed by atoms with Crippen LogP contribution in [0.2, 0.25) is 0 Å². The third kappa shape index (κ3) is 2.81. The zero-order chi connectivity index (χ0) is 14.5. The number of halogens is 2. The van der Waals surface area contributed by atoms with Crippen molar-refractivity contribution in [3.63, 3.8) is 0 Å². The highest BCUT2D eigenvalue weighted by molar-refractivity contribution is 5.97. The number of hydrogen-bond acceptors (Lipinski definition) is 3. The zero-order valence-corrected chi connectivity index (χ0v) is 10.3. The number of carbonyl (C=O) groups is 1. The summed E-state index contributed by atoms with van der Waals surface area (Å²) in [4.78, 5) is 11.8. The SMILES string of the molecule is N#Cc1ccccc1OCC(=O)c1c(F)cccc1F. The Kier molecular flexibility index (Phi) is 4.06. The number of ketones is 1. The first kappa shape index (κ1) is 13.7. The van der Waals surface area contributed by atoms with Gasteiger partial charge >= 0.3 is 0 Å². The molecular formula is C15H9F2NO2. The third-order valence-corrected chi connectivity index (χ3v) is 2.61. The minimum Gasteiger partial charge on any atom is -0.484 e.